The SMILES string of the molecule is COCC(=O)NC1CCN(Cc2noc(-c3cccc(C)c3)n2)CC1. The number of hydrogen-bond acceptors (Lipinski definition) is 6. The highest BCUT2D eigenvalue weighted by molar-refractivity contribution is 5.77. The van der Waals surface area contributed by atoms with E-state index in [1.165, 1.54) is 7.11 Å². The summed E-state index contributed by atoms with van der Waals surface area (Å²) in [6.45, 7) is 4.60. The van der Waals surface area contributed by atoms with Crippen LogP contribution >= 0.6 is 0 Å². The molecule has 1 amide bonds. The van der Waals surface area contributed by atoms with Crippen LogP contribution in [0.1, 0.15) is 24.2 Å². The molecule has 1 saturated heterocycles. The number of ether oxygens (including phenoxy) is 1. The van der Waals surface area contributed by atoms with Crippen LogP contribution in [0, 0.1) is 6.92 Å². The number of benzene rings is 1. The van der Waals surface area contributed by atoms with E-state index < -0.39 is 0 Å². The van der Waals surface area contributed by atoms with E-state index in [4.69, 9.17) is 9.26 Å². The number of carbonyl (C=O) groups excluding carboxylic acids is 1. The van der Waals surface area contributed by atoms with Crippen molar-refractivity contribution in [2.75, 3.05) is 26.8 Å². The summed E-state index contributed by atoms with van der Waals surface area (Å²) in [5, 5.41) is 7.09. The molecule has 7 nitrogen and oxygen atoms in total. The van der Waals surface area contributed by atoms with Crippen LogP contribution in [0.3, 0.4) is 0 Å². The van der Waals surface area contributed by atoms with Crippen LogP contribution in [-0.2, 0) is 16.1 Å². The number of hydrogen-bond donors (Lipinski definition) is 1. The van der Waals surface area contributed by atoms with E-state index in [9.17, 15) is 4.79 Å². The smallest absolute Gasteiger partial charge is 0.257 e. The molecular formula is C18H24N4O3. The number of carbonyl (C=O) groups is 1. The molecule has 1 N–H and O–H groups in total. The molecule has 2 aromatic rings. The van der Waals surface area contributed by atoms with Gasteiger partial charge in [-0.15, -0.1) is 0 Å². The molecule has 7 heteroatoms. The topological polar surface area (TPSA) is 80.5 Å². The largest absolute Gasteiger partial charge is 0.375 e. The van der Waals surface area contributed by atoms with E-state index in [1.807, 2.05) is 31.2 Å². The molecule has 0 radical (unpaired) electrons. The molecule has 1 fully saturated rings. The van der Waals surface area contributed by atoms with Crippen molar-refractivity contribution in [3.8, 4) is 11.5 Å². The van der Waals surface area contributed by atoms with Crippen molar-refractivity contribution in [2.45, 2.75) is 32.4 Å². The lowest BCUT2D eigenvalue weighted by atomic mass is 10.1. The molecule has 2 heterocycles. The summed E-state index contributed by atoms with van der Waals surface area (Å²) in [5.74, 6) is 1.20. The molecule has 0 bridgehead atoms. The van der Waals surface area contributed by atoms with Gasteiger partial charge in [0.05, 0.1) is 6.54 Å². The Balaban J connectivity index is 1.50. The normalized spacial score (nSPS) is 16.1. The first-order valence-corrected chi connectivity index (χ1v) is 8.54. The summed E-state index contributed by atoms with van der Waals surface area (Å²) in [6.07, 6.45) is 1.83. The molecule has 1 aromatic heterocycles. The summed E-state index contributed by atoms with van der Waals surface area (Å²) < 4.78 is 10.2. The molecule has 0 saturated carbocycles. The predicted molar refractivity (Wildman–Crippen MR) is 92.8 cm³/mol. The first-order valence-electron chi connectivity index (χ1n) is 8.54. The fraction of sp³-hybridized carbons (Fsp3) is 0.500. The Labute approximate surface area is 147 Å². The Kier molecular flexibility index (Phi) is 5.78. The Morgan fingerprint density at radius 1 is 1.40 bits per heavy atom. The fourth-order valence-electron chi connectivity index (χ4n) is 3.05. The third-order valence-electron chi connectivity index (χ3n) is 4.33. The average Bonchev–Trinajstić information content (AvgIpc) is 3.05. The van der Waals surface area contributed by atoms with Gasteiger partial charge in [-0.2, -0.15) is 4.98 Å². The molecule has 25 heavy (non-hydrogen) atoms. The summed E-state index contributed by atoms with van der Waals surface area (Å²) in [7, 11) is 1.53. The van der Waals surface area contributed by atoms with Crippen molar-refractivity contribution < 1.29 is 14.1 Å². The maximum Gasteiger partial charge on any atom is 0.257 e. The highest BCUT2D eigenvalue weighted by Crippen LogP contribution is 2.19. The minimum atomic E-state index is -0.0538. The number of rotatable bonds is 6. The third-order valence-corrected chi connectivity index (χ3v) is 4.33. The summed E-state index contributed by atoms with van der Waals surface area (Å²) in [5.41, 5.74) is 2.10. The van der Waals surface area contributed by atoms with Gasteiger partial charge in [-0.25, -0.2) is 0 Å². The highest BCUT2D eigenvalue weighted by Gasteiger charge is 2.22. The van der Waals surface area contributed by atoms with Gasteiger partial charge < -0.3 is 14.6 Å². The lowest BCUT2D eigenvalue weighted by molar-refractivity contribution is -0.125. The molecule has 3 rings (SSSR count). The van der Waals surface area contributed by atoms with Crippen molar-refractivity contribution in [1.82, 2.24) is 20.4 Å². The number of likely N-dealkylation sites (tertiary alicyclic amines) is 1. The summed E-state index contributed by atoms with van der Waals surface area (Å²) in [4.78, 5) is 18.3. The van der Waals surface area contributed by atoms with Gasteiger partial charge >= 0.3 is 0 Å². The Morgan fingerprint density at radius 3 is 2.92 bits per heavy atom. The second kappa shape index (κ2) is 8.22. The lowest BCUT2D eigenvalue weighted by Crippen LogP contribution is -2.45. The van der Waals surface area contributed by atoms with Gasteiger partial charge in [0.2, 0.25) is 5.91 Å². The Hall–Kier alpha value is -2.25. The zero-order valence-electron chi connectivity index (χ0n) is 14.7. The van der Waals surface area contributed by atoms with E-state index in [0.29, 0.717) is 18.3 Å². The van der Waals surface area contributed by atoms with Gasteiger partial charge in [0, 0.05) is 31.8 Å². The zero-order chi connectivity index (χ0) is 17.6. The fourth-order valence-corrected chi connectivity index (χ4v) is 3.05. The van der Waals surface area contributed by atoms with Gasteiger partial charge in [0.1, 0.15) is 6.61 Å². The molecule has 0 atom stereocenters. The molecule has 0 unspecified atom stereocenters. The van der Waals surface area contributed by atoms with Crippen LogP contribution in [0.2, 0.25) is 0 Å². The molecule has 1 aliphatic heterocycles. The quantitative estimate of drug-likeness (QED) is 0.860. The van der Waals surface area contributed by atoms with Crippen LogP contribution in [0.25, 0.3) is 11.5 Å². The first kappa shape index (κ1) is 17.6. The number of nitrogens with zero attached hydrogens (tertiary/aromatic N) is 3. The van der Waals surface area contributed by atoms with Crippen molar-refractivity contribution in [1.29, 1.82) is 0 Å². The summed E-state index contributed by atoms with van der Waals surface area (Å²) >= 11 is 0. The standard InChI is InChI=1S/C18H24N4O3/c1-13-4-3-5-14(10-13)18-20-16(21-25-18)11-22-8-6-15(7-9-22)19-17(23)12-24-2/h3-5,10,15H,6-9,11-12H2,1-2H3,(H,19,23). The van der Waals surface area contributed by atoms with E-state index in [2.05, 4.69) is 20.4 Å². The zero-order valence-corrected chi connectivity index (χ0v) is 14.7. The van der Waals surface area contributed by atoms with Gasteiger partial charge in [0.25, 0.3) is 5.89 Å². The van der Waals surface area contributed by atoms with Crippen LogP contribution in [-0.4, -0.2) is 53.8 Å². The van der Waals surface area contributed by atoms with E-state index in [0.717, 1.165) is 37.1 Å². The third kappa shape index (κ3) is 4.87. The average molecular weight is 344 g/mol. The molecule has 134 valence electrons. The Bertz CT molecular complexity index is 708. The van der Waals surface area contributed by atoms with Gasteiger partial charge in [-0.05, 0) is 31.9 Å². The van der Waals surface area contributed by atoms with Gasteiger partial charge in [0.15, 0.2) is 5.82 Å². The lowest BCUT2D eigenvalue weighted by Gasteiger charge is -2.31. The first-order chi connectivity index (χ1) is 12.1. The highest BCUT2D eigenvalue weighted by atomic mass is 16.5. The minimum Gasteiger partial charge on any atom is -0.375 e. The van der Waals surface area contributed by atoms with Gasteiger partial charge in [-0.1, -0.05) is 22.9 Å². The van der Waals surface area contributed by atoms with Crippen LogP contribution < -0.4 is 5.32 Å². The van der Waals surface area contributed by atoms with Crippen molar-refractivity contribution >= 4 is 5.91 Å². The van der Waals surface area contributed by atoms with Crippen LogP contribution in [0.15, 0.2) is 28.8 Å². The summed E-state index contributed by atoms with van der Waals surface area (Å²) in [6, 6.07) is 8.24. The predicted octanol–water partition coefficient (Wildman–Crippen LogP) is 1.77. The van der Waals surface area contributed by atoms with Crippen molar-refractivity contribution in [2.24, 2.45) is 0 Å². The van der Waals surface area contributed by atoms with E-state index >= 15 is 0 Å². The second-order valence-electron chi connectivity index (χ2n) is 6.44. The Morgan fingerprint density at radius 2 is 2.20 bits per heavy atom. The number of nitrogens with one attached hydrogen (secondary N) is 1. The minimum absolute atomic E-state index is 0.0538. The molecular weight excluding hydrogens is 320 g/mol. The maximum atomic E-state index is 11.6. The van der Waals surface area contributed by atoms with Crippen LogP contribution in [0.5, 0.6) is 0 Å². The molecule has 0 aliphatic carbocycles. The van der Waals surface area contributed by atoms with Crippen LogP contribution in [0.4, 0.5) is 0 Å². The molecule has 1 aromatic carbocycles. The molecule has 1 aliphatic rings. The molecule has 0 spiro atoms. The van der Waals surface area contributed by atoms with E-state index in [1.54, 1.807) is 0 Å². The number of aromatic nitrogens is 2. The number of aryl methyl sites for hydroxylation is 1. The van der Waals surface area contributed by atoms with Crippen molar-refractivity contribution in [3.05, 3.63) is 35.7 Å². The number of methoxy groups -OCH3 is 1. The number of piperidine rings is 1. The van der Waals surface area contributed by atoms with E-state index in [-0.39, 0.29) is 18.6 Å². The maximum absolute atomic E-state index is 11.6. The van der Waals surface area contributed by atoms with Crippen molar-refractivity contribution in [3.63, 3.8) is 0 Å². The second-order valence-corrected chi connectivity index (χ2v) is 6.44. The number of amides is 1. The van der Waals surface area contributed by atoms with Gasteiger partial charge in [-0.3, -0.25) is 9.69 Å². The monoisotopic (exact) mass is 344 g/mol.